The van der Waals surface area contributed by atoms with Crippen LogP contribution in [-0.2, 0) is 6.54 Å². The first-order chi connectivity index (χ1) is 10.1. The van der Waals surface area contributed by atoms with Gasteiger partial charge in [-0.05, 0) is 46.3 Å². The minimum absolute atomic E-state index is 0.275. The number of fused-ring (bicyclic) bond motifs is 1. The normalized spacial score (nSPS) is 10.8. The summed E-state index contributed by atoms with van der Waals surface area (Å²) in [6.07, 6.45) is 0. The van der Waals surface area contributed by atoms with Crippen LogP contribution in [0.15, 0.2) is 46.9 Å². The van der Waals surface area contributed by atoms with Crippen molar-refractivity contribution in [2.75, 3.05) is 0 Å². The molecular weight excluding hydrogens is 337 g/mol. The largest absolute Gasteiger partial charge is 0.345 e. The highest BCUT2D eigenvalue weighted by atomic mass is 79.9. The van der Waals surface area contributed by atoms with Crippen molar-refractivity contribution in [1.29, 1.82) is 0 Å². The second-order valence-corrected chi connectivity index (χ2v) is 5.36. The van der Waals surface area contributed by atoms with Gasteiger partial charge in [0.2, 0.25) is 0 Å². The van der Waals surface area contributed by atoms with E-state index >= 15 is 0 Å². The first-order valence-corrected chi connectivity index (χ1v) is 7.09. The molecule has 4 nitrogen and oxygen atoms in total. The molecule has 0 aliphatic carbocycles. The standard InChI is InChI=1S/C15H11BrFN3O/c16-11-7-9(17)5-6-10(11)15(21)18-8-14-19-12-3-1-2-4-13(12)20-14/h1-7H,8H2,(H,18,21)(H,19,20). The van der Waals surface area contributed by atoms with Crippen molar-refractivity contribution >= 4 is 32.9 Å². The summed E-state index contributed by atoms with van der Waals surface area (Å²) in [5.41, 5.74) is 2.15. The zero-order valence-corrected chi connectivity index (χ0v) is 12.4. The minimum Gasteiger partial charge on any atom is -0.345 e. The topological polar surface area (TPSA) is 57.8 Å². The molecule has 0 atom stereocenters. The summed E-state index contributed by atoms with van der Waals surface area (Å²) in [5.74, 6) is -0.0131. The number of rotatable bonds is 3. The average molecular weight is 348 g/mol. The lowest BCUT2D eigenvalue weighted by molar-refractivity contribution is 0.0949. The van der Waals surface area contributed by atoms with Gasteiger partial charge < -0.3 is 10.3 Å². The number of aromatic amines is 1. The zero-order valence-electron chi connectivity index (χ0n) is 10.9. The summed E-state index contributed by atoms with van der Waals surface area (Å²) >= 11 is 3.18. The third-order valence-corrected chi connectivity index (χ3v) is 3.69. The second kappa shape index (κ2) is 5.65. The molecule has 106 valence electrons. The van der Waals surface area contributed by atoms with E-state index in [0.717, 1.165) is 11.0 Å². The van der Waals surface area contributed by atoms with Crippen molar-refractivity contribution in [3.05, 3.63) is 64.1 Å². The summed E-state index contributed by atoms with van der Waals surface area (Å²) in [4.78, 5) is 19.6. The molecule has 0 radical (unpaired) electrons. The van der Waals surface area contributed by atoms with Gasteiger partial charge in [0.1, 0.15) is 11.6 Å². The lowest BCUT2D eigenvalue weighted by Gasteiger charge is -2.05. The van der Waals surface area contributed by atoms with Gasteiger partial charge in [-0.1, -0.05) is 12.1 Å². The van der Waals surface area contributed by atoms with Crippen molar-refractivity contribution in [2.45, 2.75) is 6.54 Å². The highest BCUT2D eigenvalue weighted by molar-refractivity contribution is 9.10. The number of hydrogen-bond acceptors (Lipinski definition) is 2. The number of hydrogen-bond donors (Lipinski definition) is 2. The van der Waals surface area contributed by atoms with E-state index in [2.05, 4.69) is 31.2 Å². The molecule has 0 unspecified atom stereocenters. The quantitative estimate of drug-likeness (QED) is 0.762. The van der Waals surface area contributed by atoms with Gasteiger partial charge in [-0.2, -0.15) is 0 Å². The van der Waals surface area contributed by atoms with Crippen molar-refractivity contribution in [3.8, 4) is 0 Å². The van der Waals surface area contributed by atoms with E-state index in [-0.39, 0.29) is 12.5 Å². The molecule has 2 aromatic carbocycles. The van der Waals surface area contributed by atoms with Gasteiger partial charge >= 0.3 is 0 Å². The predicted octanol–water partition coefficient (Wildman–Crippen LogP) is 3.39. The Kier molecular flexibility index (Phi) is 3.70. The van der Waals surface area contributed by atoms with Gasteiger partial charge in [-0.15, -0.1) is 0 Å². The fraction of sp³-hybridized carbons (Fsp3) is 0.0667. The molecule has 0 aliphatic rings. The summed E-state index contributed by atoms with van der Waals surface area (Å²) < 4.78 is 13.4. The minimum atomic E-state index is -0.393. The van der Waals surface area contributed by atoms with Crippen molar-refractivity contribution in [3.63, 3.8) is 0 Å². The van der Waals surface area contributed by atoms with Gasteiger partial charge in [-0.25, -0.2) is 9.37 Å². The summed E-state index contributed by atoms with van der Waals surface area (Å²) in [7, 11) is 0. The summed E-state index contributed by atoms with van der Waals surface area (Å²) in [6, 6.07) is 11.6. The third kappa shape index (κ3) is 2.95. The number of H-pyrrole nitrogens is 1. The second-order valence-electron chi connectivity index (χ2n) is 4.51. The Hall–Kier alpha value is -2.21. The molecule has 3 aromatic rings. The molecular formula is C15H11BrFN3O. The van der Waals surface area contributed by atoms with E-state index in [0.29, 0.717) is 15.9 Å². The van der Waals surface area contributed by atoms with Crippen molar-refractivity contribution in [1.82, 2.24) is 15.3 Å². The number of nitrogens with zero attached hydrogens (tertiary/aromatic N) is 1. The van der Waals surface area contributed by atoms with Crippen LogP contribution in [0.1, 0.15) is 16.2 Å². The average Bonchev–Trinajstić information content (AvgIpc) is 2.87. The summed E-state index contributed by atoms with van der Waals surface area (Å²) in [6.45, 7) is 0.275. The molecule has 3 rings (SSSR count). The van der Waals surface area contributed by atoms with Crippen LogP contribution in [0.5, 0.6) is 0 Å². The van der Waals surface area contributed by atoms with Crippen molar-refractivity contribution in [2.24, 2.45) is 0 Å². The van der Waals surface area contributed by atoms with Gasteiger partial charge in [0.05, 0.1) is 23.1 Å². The fourth-order valence-corrected chi connectivity index (χ4v) is 2.55. The number of halogens is 2. The maximum Gasteiger partial charge on any atom is 0.252 e. The maximum absolute atomic E-state index is 13.0. The number of carbonyl (C=O) groups is 1. The number of benzene rings is 2. The lowest BCUT2D eigenvalue weighted by atomic mass is 10.2. The molecule has 1 amide bonds. The van der Waals surface area contributed by atoms with Gasteiger partial charge in [0.15, 0.2) is 0 Å². The van der Waals surface area contributed by atoms with Crippen LogP contribution in [0.2, 0.25) is 0 Å². The molecule has 0 fully saturated rings. The van der Waals surface area contributed by atoms with E-state index in [1.165, 1.54) is 18.2 Å². The Labute approximate surface area is 128 Å². The number of aromatic nitrogens is 2. The molecule has 21 heavy (non-hydrogen) atoms. The molecule has 2 N–H and O–H groups in total. The summed E-state index contributed by atoms with van der Waals surface area (Å²) in [5, 5.41) is 2.75. The van der Waals surface area contributed by atoms with E-state index in [9.17, 15) is 9.18 Å². The fourth-order valence-electron chi connectivity index (χ4n) is 2.02. The number of amides is 1. The van der Waals surface area contributed by atoms with Crippen LogP contribution in [0.25, 0.3) is 11.0 Å². The highest BCUT2D eigenvalue weighted by Gasteiger charge is 2.11. The SMILES string of the molecule is O=C(NCc1nc2ccccc2[nH]1)c1ccc(F)cc1Br. The monoisotopic (exact) mass is 347 g/mol. The maximum atomic E-state index is 13.0. The van der Waals surface area contributed by atoms with Crippen LogP contribution in [0.3, 0.4) is 0 Å². The van der Waals surface area contributed by atoms with Crippen molar-refractivity contribution < 1.29 is 9.18 Å². The van der Waals surface area contributed by atoms with E-state index in [1.807, 2.05) is 24.3 Å². The zero-order chi connectivity index (χ0) is 14.8. The number of para-hydroxylation sites is 2. The van der Waals surface area contributed by atoms with E-state index in [4.69, 9.17) is 0 Å². The highest BCUT2D eigenvalue weighted by Crippen LogP contribution is 2.18. The molecule has 0 saturated carbocycles. The molecule has 6 heteroatoms. The number of nitrogens with one attached hydrogen (secondary N) is 2. The molecule has 1 heterocycles. The first kappa shape index (κ1) is 13.8. The predicted molar refractivity (Wildman–Crippen MR) is 81.4 cm³/mol. The Balaban J connectivity index is 1.73. The lowest BCUT2D eigenvalue weighted by Crippen LogP contribution is -2.23. The first-order valence-electron chi connectivity index (χ1n) is 6.30. The van der Waals surface area contributed by atoms with E-state index in [1.54, 1.807) is 0 Å². The molecule has 0 spiro atoms. The van der Waals surface area contributed by atoms with Crippen LogP contribution in [0.4, 0.5) is 4.39 Å². The Morgan fingerprint density at radius 2 is 2.10 bits per heavy atom. The Morgan fingerprint density at radius 3 is 2.86 bits per heavy atom. The molecule has 1 aromatic heterocycles. The van der Waals surface area contributed by atoms with Crippen LogP contribution < -0.4 is 5.32 Å². The van der Waals surface area contributed by atoms with Gasteiger partial charge in [-0.3, -0.25) is 4.79 Å². The number of carbonyl (C=O) groups excluding carboxylic acids is 1. The Bertz CT molecular complexity index is 783. The van der Waals surface area contributed by atoms with Gasteiger partial charge in [0, 0.05) is 4.47 Å². The van der Waals surface area contributed by atoms with Crippen LogP contribution in [-0.4, -0.2) is 15.9 Å². The molecule has 0 aliphatic heterocycles. The molecule has 0 saturated heterocycles. The van der Waals surface area contributed by atoms with Gasteiger partial charge in [0.25, 0.3) is 5.91 Å². The smallest absolute Gasteiger partial charge is 0.252 e. The third-order valence-electron chi connectivity index (χ3n) is 3.03. The van der Waals surface area contributed by atoms with E-state index < -0.39 is 5.82 Å². The van der Waals surface area contributed by atoms with Crippen LogP contribution >= 0.6 is 15.9 Å². The Morgan fingerprint density at radius 1 is 1.29 bits per heavy atom. The number of imidazole rings is 1. The molecule has 0 bridgehead atoms. The van der Waals surface area contributed by atoms with Crippen LogP contribution in [0, 0.1) is 5.82 Å².